The number of furan rings is 1. The smallest absolute Gasteiger partial charge is 0.340 e. The first-order valence-electron chi connectivity index (χ1n) is 8.65. The van der Waals surface area contributed by atoms with Crippen molar-refractivity contribution in [3.8, 4) is 0 Å². The molecule has 0 aliphatic carbocycles. The Kier molecular flexibility index (Phi) is 4.78. The van der Waals surface area contributed by atoms with Gasteiger partial charge in [-0.05, 0) is 37.0 Å². The van der Waals surface area contributed by atoms with Gasteiger partial charge in [-0.25, -0.2) is 9.59 Å². The van der Waals surface area contributed by atoms with E-state index in [4.69, 9.17) is 8.83 Å². The van der Waals surface area contributed by atoms with Crippen LogP contribution >= 0.6 is 0 Å². The first kappa shape index (κ1) is 18.7. The Balaban J connectivity index is 2.00. The van der Waals surface area contributed by atoms with Crippen molar-refractivity contribution in [2.45, 2.75) is 40.2 Å². The fraction of sp³-hybridized carbons (Fsp3) is 0.350. The van der Waals surface area contributed by atoms with Crippen LogP contribution in [0.2, 0.25) is 0 Å². The maximum absolute atomic E-state index is 12.4. The van der Waals surface area contributed by atoms with Crippen molar-refractivity contribution >= 4 is 33.8 Å². The monoisotopic (exact) mass is 371 g/mol. The second-order valence-electron chi connectivity index (χ2n) is 7.06. The molecule has 0 unspecified atom stereocenters. The summed E-state index contributed by atoms with van der Waals surface area (Å²) < 4.78 is 10.8. The summed E-state index contributed by atoms with van der Waals surface area (Å²) >= 11 is 0. The Labute approximate surface area is 155 Å². The van der Waals surface area contributed by atoms with Gasteiger partial charge in [0.05, 0.1) is 18.2 Å². The van der Waals surface area contributed by atoms with E-state index in [1.165, 1.54) is 0 Å². The highest BCUT2D eigenvalue weighted by Gasteiger charge is 2.24. The fourth-order valence-electron chi connectivity index (χ4n) is 3.14. The normalized spacial score (nSPS) is 12.6. The van der Waals surface area contributed by atoms with Gasteiger partial charge in [0.2, 0.25) is 5.91 Å². The molecule has 7 nitrogen and oxygen atoms in total. The van der Waals surface area contributed by atoms with Gasteiger partial charge in [0.1, 0.15) is 17.2 Å². The summed E-state index contributed by atoms with van der Waals surface area (Å²) in [6.45, 7) is 7.07. The van der Waals surface area contributed by atoms with E-state index in [1.807, 2.05) is 13.0 Å². The zero-order chi connectivity index (χ0) is 19.9. The summed E-state index contributed by atoms with van der Waals surface area (Å²) in [7, 11) is 0. The molecule has 0 spiro atoms. The molecule has 142 valence electrons. The summed E-state index contributed by atoms with van der Waals surface area (Å²) in [6, 6.07) is 2.52. The highest BCUT2D eigenvalue weighted by Crippen LogP contribution is 2.28. The molecule has 0 aliphatic rings. The molecule has 1 atom stereocenters. The third kappa shape index (κ3) is 3.45. The molecule has 0 aliphatic heterocycles. The van der Waals surface area contributed by atoms with Gasteiger partial charge in [0.15, 0.2) is 0 Å². The number of carboxylic acids is 1. The third-order valence-corrected chi connectivity index (χ3v) is 4.76. The molecule has 0 saturated carbocycles. The van der Waals surface area contributed by atoms with Crippen LogP contribution in [-0.4, -0.2) is 23.0 Å². The van der Waals surface area contributed by atoms with E-state index in [2.05, 4.69) is 5.32 Å². The van der Waals surface area contributed by atoms with Crippen molar-refractivity contribution in [3.63, 3.8) is 0 Å². The molecule has 3 rings (SSSR count). The van der Waals surface area contributed by atoms with Gasteiger partial charge in [0.25, 0.3) is 0 Å². The molecule has 0 fully saturated rings. The number of aryl methyl sites for hydroxylation is 2. The molecule has 1 aromatic carbocycles. The summed E-state index contributed by atoms with van der Waals surface area (Å²) in [5.41, 5.74) is 2.19. The second-order valence-corrected chi connectivity index (χ2v) is 7.06. The van der Waals surface area contributed by atoms with Gasteiger partial charge in [-0.15, -0.1) is 0 Å². The number of benzene rings is 1. The van der Waals surface area contributed by atoms with Crippen LogP contribution in [0.5, 0.6) is 0 Å². The highest BCUT2D eigenvalue weighted by molar-refractivity contribution is 5.96. The Morgan fingerprint density at radius 1 is 1.15 bits per heavy atom. The lowest BCUT2D eigenvalue weighted by Gasteiger charge is -2.18. The van der Waals surface area contributed by atoms with Crippen molar-refractivity contribution in [2.75, 3.05) is 0 Å². The molecule has 0 bridgehead atoms. The number of amides is 1. The van der Waals surface area contributed by atoms with E-state index in [9.17, 15) is 19.5 Å². The lowest BCUT2D eigenvalue weighted by molar-refractivity contribution is -0.143. The van der Waals surface area contributed by atoms with E-state index < -0.39 is 23.5 Å². The van der Waals surface area contributed by atoms with E-state index in [0.29, 0.717) is 22.1 Å². The zero-order valence-electron chi connectivity index (χ0n) is 15.6. The molecule has 1 amide bonds. The molecule has 0 radical (unpaired) electrons. The average Bonchev–Trinajstić information content (AvgIpc) is 2.95. The highest BCUT2D eigenvalue weighted by atomic mass is 16.4. The van der Waals surface area contributed by atoms with Crippen LogP contribution in [-0.2, 0) is 16.0 Å². The fourth-order valence-corrected chi connectivity index (χ4v) is 3.14. The molecular formula is C20H21NO6. The van der Waals surface area contributed by atoms with Gasteiger partial charge in [-0.2, -0.15) is 0 Å². The Morgan fingerprint density at radius 3 is 2.48 bits per heavy atom. The predicted molar refractivity (Wildman–Crippen MR) is 99.8 cm³/mol. The van der Waals surface area contributed by atoms with Gasteiger partial charge < -0.3 is 19.3 Å². The van der Waals surface area contributed by atoms with Gasteiger partial charge in [-0.1, -0.05) is 13.8 Å². The number of aliphatic carboxylic acids is 1. The summed E-state index contributed by atoms with van der Waals surface area (Å²) in [5, 5.41) is 13.3. The predicted octanol–water partition coefficient (Wildman–Crippen LogP) is 2.92. The van der Waals surface area contributed by atoms with Crippen molar-refractivity contribution < 1.29 is 23.5 Å². The number of hydrogen-bond donors (Lipinski definition) is 2. The van der Waals surface area contributed by atoms with Crippen molar-refractivity contribution in [1.29, 1.82) is 0 Å². The lowest BCUT2D eigenvalue weighted by Crippen LogP contribution is -2.45. The van der Waals surface area contributed by atoms with E-state index in [1.54, 1.807) is 33.1 Å². The third-order valence-electron chi connectivity index (χ3n) is 4.76. The second kappa shape index (κ2) is 6.90. The maximum atomic E-state index is 12.4. The summed E-state index contributed by atoms with van der Waals surface area (Å²) in [4.78, 5) is 36.0. The molecule has 2 aromatic heterocycles. The number of carbonyl (C=O) groups is 2. The van der Waals surface area contributed by atoms with E-state index in [-0.39, 0.29) is 17.9 Å². The van der Waals surface area contributed by atoms with Crippen LogP contribution in [0.1, 0.15) is 30.5 Å². The van der Waals surface area contributed by atoms with Gasteiger partial charge in [-0.3, -0.25) is 4.79 Å². The van der Waals surface area contributed by atoms with Crippen LogP contribution in [0.4, 0.5) is 0 Å². The first-order chi connectivity index (χ1) is 12.7. The molecular weight excluding hydrogens is 350 g/mol. The topological polar surface area (TPSA) is 110 Å². The van der Waals surface area contributed by atoms with Crippen LogP contribution in [0.3, 0.4) is 0 Å². The van der Waals surface area contributed by atoms with E-state index in [0.717, 1.165) is 10.9 Å². The number of hydrogen-bond acceptors (Lipinski definition) is 5. The Bertz CT molecular complexity index is 1110. The van der Waals surface area contributed by atoms with E-state index >= 15 is 0 Å². The minimum Gasteiger partial charge on any atom is -0.480 e. The van der Waals surface area contributed by atoms with Crippen LogP contribution in [0.15, 0.2) is 32.0 Å². The van der Waals surface area contributed by atoms with Crippen LogP contribution in [0, 0.1) is 19.8 Å². The lowest BCUT2D eigenvalue weighted by atomic mass is 10.0. The number of carbonyl (C=O) groups excluding carboxylic acids is 1. The molecule has 2 N–H and O–H groups in total. The first-order valence-corrected chi connectivity index (χ1v) is 8.65. The number of nitrogens with one attached hydrogen (secondary N) is 1. The van der Waals surface area contributed by atoms with Crippen molar-refractivity contribution in [1.82, 2.24) is 5.32 Å². The number of fused-ring (bicyclic) bond motifs is 2. The average molecular weight is 371 g/mol. The summed E-state index contributed by atoms with van der Waals surface area (Å²) in [6.07, 6.45) is 1.38. The molecule has 2 heterocycles. The summed E-state index contributed by atoms with van der Waals surface area (Å²) in [5.74, 6) is -1.93. The SMILES string of the molecule is Cc1coc2cc3oc(=O)c(CC(=O)N[C@H](C(=O)O)C(C)C)c(C)c3cc12. The Hall–Kier alpha value is -3.09. The van der Waals surface area contributed by atoms with Crippen LogP contribution in [0.25, 0.3) is 21.9 Å². The van der Waals surface area contributed by atoms with Crippen molar-refractivity contribution in [3.05, 3.63) is 45.5 Å². The van der Waals surface area contributed by atoms with Crippen molar-refractivity contribution in [2.24, 2.45) is 5.92 Å². The maximum Gasteiger partial charge on any atom is 0.340 e. The largest absolute Gasteiger partial charge is 0.480 e. The van der Waals surface area contributed by atoms with Gasteiger partial charge >= 0.3 is 11.6 Å². The van der Waals surface area contributed by atoms with Crippen LogP contribution < -0.4 is 10.9 Å². The molecule has 27 heavy (non-hydrogen) atoms. The Morgan fingerprint density at radius 2 is 1.85 bits per heavy atom. The minimum atomic E-state index is -1.11. The quantitative estimate of drug-likeness (QED) is 0.667. The van der Waals surface area contributed by atoms with Gasteiger partial charge in [0, 0.05) is 16.8 Å². The number of rotatable bonds is 5. The standard InChI is InChI=1S/C20H21NO6/c1-9(2)18(19(23)24)21-17(22)6-14-11(4)13-5-12-10(3)8-26-15(12)7-16(13)27-20(14)25/h5,7-9,18H,6H2,1-4H3,(H,21,22)(H,23,24)/t18-/m0/s1. The minimum absolute atomic E-state index is 0.216. The molecule has 3 aromatic rings. The molecule has 0 saturated heterocycles. The zero-order valence-corrected chi connectivity index (χ0v) is 15.6. The number of carboxylic acid groups (broad SMARTS) is 1. The molecule has 7 heteroatoms.